The van der Waals surface area contributed by atoms with Gasteiger partial charge in [0.25, 0.3) is 0 Å². The summed E-state index contributed by atoms with van der Waals surface area (Å²) < 4.78 is 42.5. The van der Waals surface area contributed by atoms with Gasteiger partial charge in [-0.05, 0) is 13.8 Å². The molecule has 0 aliphatic heterocycles. The topological polar surface area (TPSA) is 71.4 Å². The molecule has 9 heteroatoms. The minimum Gasteiger partial charge on any atom is -0.475 e. The first-order valence-corrected chi connectivity index (χ1v) is 5.79. The molecule has 120 valence electrons. The lowest BCUT2D eigenvalue weighted by atomic mass is 10.5. The average Bonchev–Trinajstić information content (AvgIpc) is 2.29. The van der Waals surface area contributed by atoms with Gasteiger partial charge in [-0.25, -0.2) is 4.79 Å². The van der Waals surface area contributed by atoms with Crippen molar-refractivity contribution in [3.63, 3.8) is 0 Å². The number of aliphatic carboxylic acids is 1. The van der Waals surface area contributed by atoms with E-state index in [2.05, 4.69) is 4.99 Å². The summed E-state index contributed by atoms with van der Waals surface area (Å²) in [6, 6.07) is 0. The van der Waals surface area contributed by atoms with Crippen LogP contribution < -0.4 is 0 Å². The first-order valence-electron chi connectivity index (χ1n) is 5.79. The maximum atomic E-state index is 10.6. The van der Waals surface area contributed by atoms with Crippen molar-refractivity contribution in [2.24, 2.45) is 4.99 Å². The van der Waals surface area contributed by atoms with Crippen molar-refractivity contribution >= 4 is 11.8 Å². The number of carboxylic acid groups (broad SMARTS) is 1. The molecule has 0 saturated carbocycles. The Bertz CT molecular complexity index is 301. The van der Waals surface area contributed by atoms with E-state index < -0.39 is 12.1 Å². The number of rotatable bonds is 5. The van der Waals surface area contributed by atoms with Crippen LogP contribution in [-0.2, 0) is 14.3 Å². The lowest BCUT2D eigenvalue weighted by Crippen LogP contribution is -2.37. The van der Waals surface area contributed by atoms with E-state index in [0.29, 0.717) is 13.2 Å². The molecule has 0 saturated heterocycles. The predicted octanol–water partition coefficient (Wildman–Crippen LogP) is 1.61. The second-order valence-electron chi connectivity index (χ2n) is 3.52. The number of halogens is 3. The van der Waals surface area contributed by atoms with E-state index in [0.717, 1.165) is 5.84 Å². The van der Waals surface area contributed by atoms with Gasteiger partial charge in [-0.1, -0.05) is 0 Å². The summed E-state index contributed by atoms with van der Waals surface area (Å²) in [5.41, 5.74) is 0. The lowest BCUT2D eigenvalue weighted by molar-refractivity contribution is -0.192. The smallest absolute Gasteiger partial charge is 0.475 e. The number of amidine groups is 1. The Hall–Kier alpha value is -1.35. The molecule has 0 aliphatic carbocycles. The van der Waals surface area contributed by atoms with E-state index in [1.54, 1.807) is 7.05 Å². The van der Waals surface area contributed by atoms with E-state index in [-0.39, 0.29) is 6.29 Å². The molecule has 20 heavy (non-hydrogen) atoms. The zero-order valence-electron chi connectivity index (χ0n) is 12.2. The van der Waals surface area contributed by atoms with Crippen LogP contribution in [0.1, 0.15) is 13.8 Å². The van der Waals surface area contributed by atoms with Gasteiger partial charge in [0.15, 0.2) is 5.84 Å². The van der Waals surface area contributed by atoms with E-state index in [9.17, 15) is 13.2 Å². The van der Waals surface area contributed by atoms with E-state index in [4.69, 9.17) is 19.4 Å². The van der Waals surface area contributed by atoms with Gasteiger partial charge < -0.3 is 19.5 Å². The Morgan fingerprint density at radius 2 is 1.60 bits per heavy atom. The molecular weight excluding hydrogens is 281 g/mol. The van der Waals surface area contributed by atoms with Crippen molar-refractivity contribution < 1.29 is 32.5 Å². The summed E-state index contributed by atoms with van der Waals surface area (Å²) in [6.07, 6.45) is -5.42. The van der Waals surface area contributed by atoms with Crippen LogP contribution in [0.5, 0.6) is 0 Å². The Morgan fingerprint density at radius 3 is 1.75 bits per heavy atom. The van der Waals surface area contributed by atoms with Gasteiger partial charge in [-0.2, -0.15) is 13.2 Å². The summed E-state index contributed by atoms with van der Waals surface area (Å²) in [4.78, 5) is 14.9. The van der Waals surface area contributed by atoms with Crippen molar-refractivity contribution in [2.75, 3.05) is 34.4 Å². The maximum Gasteiger partial charge on any atom is 0.490 e. The number of likely N-dealkylation sites (N-methyl/N-ethyl adjacent to an activating group) is 1. The zero-order valence-corrected chi connectivity index (χ0v) is 12.2. The molecule has 0 spiro atoms. The number of hydrogen-bond donors (Lipinski definition) is 1. The van der Waals surface area contributed by atoms with Crippen molar-refractivity contribution in [1.29, 1.82) is 0 Å². The molecule has 0 atom stereocenters. The fraction of sp³-hybridized carbons (Fsp3) is 0.818. The molecule has 0 aromatic heterocycles. The Balaban J connectivity index is 0. The quantitative estimate of drug-likeness (QED) is 0.474. The number of carbonyl (C=O) groups is 1. The summed E-state index contributed by atoms with van der Waals surface area (Å²) >= 11 is 0. The van der Waals surface area contributed by atoms with Gasteiger partial charge in [0, 0.05) is 34.4 Å². The normalized spacial score (nSPS) is 11.9. The van der Waals surface area contributed by atoms with Crippen LogP contribution in [0.2, 0.25) is 0 Å². The predicted molar refractivity (Wildman–Crippen MR) is 67.8 cm³/mol. The minimum absolute atomic E-state index is 0.338. The van der Waals surface area contributed by atoms with Gasteiger partial charge in [0.2, 0.25) is 6.29 Å². The zero-order chi connectivity index (χ0) is 16.3. The number of aliphatic imine (C=N–C) groups is 1. The molecule has 0 radical (unpaired) electrons. The van der Waals surface area contributed by atoms with Gasteiger partial charge >= 0.3 is 12.1 Å². The fourth-order valence-corrected chi connectivity index (χ4v) is 1.02. The number of hydrogen-bond acceptors (Lipinski definition) is 4. The molecular formula is C11H21F3N2O4. The van der Waals surface area contributed by atoms with Gasteiger partial charge in [-0.3, -0.25) is 4.99 Å². The first-order chi connectivity index (χ1) is 9.11. The molecule has 6 nitrogen and oxygen atoms in total. The van der Waals surface area contributed by atoms with Crippen LogP contribution in [0.4, 0.5) is 13.2 Å². The van der Waals surface area contributed by atoms with Crippen LogP contribution >= 0.6 is 0 Å². The van der Waals surface area contributed by atoms with Crippen LogP contribution in [-0.4, -0.2) is 68.6 Å². The van der Waals surface area contributed by atoms with Crippen LogP contribution in [0.25, 0.3) is 0 Å². The summed E-state index contributed by atoms with van der Waals surface area (Å²) in [6.45, 7) is 5.12. The van der Waals surface area contributed by atoms with Crippen LogP contribution in [0.15, 0.2) is 4.99 Å². The molecule has 0 aliphatic rings. The Kier molecular flexibility index (Phi) is 10.9. The van der Waals surface area contributed by atoms with Crippen molar-refractivity contribution in [3.8, 4) is 0 Å². The second kappa shape index (κ2) is 10.4. The number of nitrogens with zero attached hydrogens (tertiary/aromatic N) is 2. The number of ether oxygens (including phenoxy) is 2. The molecule has 0 bridgehead atoms. The molecule has 0 heterocycles. The van der Waals surface area contributed by atoms with Gasteiger partial charge in [0.1, 0.15) is 0 Å². The molecule has 0 fully saturated rings. The molecule has 0 amide bonds. The third-order valence-corrected chi connectivity index (χ3v) is 1.78. The minimum atomic E-state index is -5.08. The molecule has 1 N–H and O–H groups in total. The lowest BCUT2D eigenvalue weighted by Gasteiger charge is -2.23. The number of alkyl halides is 3. The van der Waals surface area contributed by atoms with Gasteiger partial charge in [-0.15, -0.1) is 0 Å². The third-order valence-electron chi connectivity index (χ3n) is 1.78. The van der Waals surface area contributed by atoms with Gasteiger partial charge in [0.05, 0.1) is 0 Å². The molecule has 0 unspecified atom stereocenters. The van der Waals surface area contributed by atoms with E-state index in [1.807, 2.05) is 32.8 Å². The molecule has 0 rings (SSSR count). The largest absolute Gasteiger partial charge is 0.490 e. The third kappa shape index (κ3) is 9.56. The van der Waals surface area contributed by atoms with Crippen molar-refractivity contribution in [3.05, 3.63) is 0 Å². The first kappa shape index (κ1) is 21.0. The SMILES string of the molecule is CCOC(OCC)C(=NC)N(C)C.O=C(O)C(F)(F)F. The Morgan fingerprint density at radius 1 is 1.25 bits per heavy atom. The second-order valence-corrected chi connectivity index (χ2v) is 3.52. The summed E-state index contributed by atoms with van der Waals surface area (Å²) in [5.74, 6) is -1.95. The van der Waals surface area contributed by atoms with Crippen LogP contribution in [0.3, 0.4) is 0 Å². The van der Waals surface area contributed by atoms with E-state index >= 15 is 0 Å². The highest BCUT2D eigenvalue weighted by atomic mass is 19.4. The van der Waals surface area contributed by atoms with Crippen molar-refractivity contribution in [1.82, 2.24) is 4.90 Å². The standard InChI is InChI=1S/C9H20N2O2.C2HF3O2/c1-6-12-9(13-7-2)8(10-3)11(4)5;3-2(4,5)1(6)7/h9H,6-7H2,1-5H3;(H,6,7). The number of carboxylic acids is 1. The van der Waals surface area contributed by atoms with E-state index in [1.165, 1.54) is 0 Å². The fourth-order valence-electron chi connectivity index (χ4n) is 1.02. The highest BCUT2D eigenvalue weighted by molar-refractivity contribution is 5.84. The highest BCUT2D eigenvalue weighted by Gasteiger charge is 2.38. The van der Waals surface area contributed by atoms with Crippen molar-refractivity contribution in [2.45, 2.75) is 26.3 Å². The maximum absolute atomic E-state index is 10.6. The molecule has 0 aromatic carbocycles. The molecule has 0 aromatic rings. The summed E-state index contributed by atoms with van der Waals surface area (Å²) in [5, 5.41) is 7.12. The monoisotopic (exact) mass is 302 g/mol. The highest BCUT2D eigenvalue weighted by Crippen LogP contribution is 2.13. The Labute approximate surface area is 116 Å². The summed E-state index contributed by atoms with van der Waals surface area (Å²) in [7, 11) is 5.58. The van der Waals surface area contributed by atoms with Crippen LogP contribution in [0, 0.1) is 0 Å². The average molecular weight is 302 g/mol.